The number of esters is 3. The number of rotatable bonds is 47. The second kappa shape index (κ2) is 48.4. The van der Waals surface area contributed by atoms with E-state index in [1.807, 2.05) is 0 Å². The maximum atomic E-state index is 12.8. The smallest absolute Gasteiger partial charge is 0.462 e. The topological polar surface area (TPSA) is 155 Å². The standard InChI is InChI=1S/C54H93O11P/c1-4-7-10-13-16-19-22-23-24-25-26-27-30-33-36-39-42-45-54(58)65-51(47-61-52(56)43-40-37-34-31-28-20-17-14-11-8-5-2)49-63-66(59,60)62-48-50(46-55)64-53(57)44-41-38-35-32-29-21-18-15-12-9-6-3/h7,10,14-19,23-24,26-27,50-51,55H,4-6,8-9,11-13,20-22,25,28-49H2,1-3H3,(H,59,60)/b10-7-,17-14-,18-15-,19-16-,24-23-,27-26-. The molecule has 0 fully saturated rings. The summed E-state index contributed by atoms with van der Waals surface area (Å²) in [5, 5.41) is 9.75. The predicted molar refractivity (Wildman–Crippen MR) is 270 cm³/mol. The largest absolute Gasteiger partial charge is 0.472 e. The van der Waals surface area contributed by atoms with Crippen LogP contribution in [0.2, 0.25) is 0 Å². The second-order valence-electron chi connectivity index (χ2n) is 16.9. The highest BCUT2D eigenvalue weighted by Crippen LogP contribution is 2.43. The van der Waals surface area contributed by atoms with Crippen molar-refractivity contribution in [3.63, 3.8) is 0 Å². The number of aliphatic hydroxyl groups is 1. The van der Waals surface area contributed by atoms with E-state index in [0.717, 1.165) is 128 Å². The summed E-state index contributed by atoms with van der Waals surface area (Å²) < 4.78 is 39.3. The molecule has 3 atom stereocenters. The quantitative estimate of drug-likeness (QED) is 0.0197. The lowest BCUT2D eigenvalue weighted by atomic mass is 10.1. The molecule has 3 unspecified atom stereocenters. The molecule has 66 heavy (non-hydrogen) atoms. The minimum absolute atomic E-state index is 0.135. The van der Waals surface area contributed by atoms with Crippen molar-refractivity contribution >= 4 is 25.7 Å². The molecular weight excluding hydrogens is 856 g/mol. The fourth-order valence-corrected chi connectivity index (χ4v) is 7.39. The molecule has 0 aromatic heterocycles. The SMILES string of the molecule is CC/C=C\C/C=C\C/C=C\C/C=C\CCCCCCC(=O)OC(COC(=O)CCCCCCC/C=C\CCCC)COP(=O)(O)OCC(CO)OC(=O)CCCCCCC/C=C\CCCC. The van der Waals surface area contributed by atoms with Crippen molar-refractivity contribution in [1.82, 2.24) is 0 Å². The zero-order valence-corrected chi connectivity index (χ0v) is 42.5. The molecule has 0 aliphatic rings. The Bertz CT molecular complexity index is 1390. The molecule has 0 spiro atoms. The van der Waals surface area contributed by atoms with E-state index in [4.69, 9.17) is 23.3 Å². The average Bonchev–Trinajstić information content (AvgIpc) is 3.30. The van der Waals surface area contributed by atoms with Crippen molar-refractivity contribution in [3.8, 4) is 0 Å². The zero-order chi connectivity index (χ0) is 48.4. The van der Waals surface area contributed by atoms with Gasteiger partial charge in [0.05, 0.1) is 19.8 Å². The molecule has 380 valence electrons. The van der Waals surface area contributed by atoms with Gasteiger partial charge in [0.15, 0.2) is 6.10 Å². The van der Waals surface area contributed by atoms with Crippen LogP contribution in [0.4, 0.5) is 0 Å². The number of hydrogen-bond donors (Lipinski definition) is 2. The average molecular weight is 949 g/mol. The Labute approximate surface area is 401 Å². The molecule has 0 aliphatic heterocycles. The summed E-state index contributed by atoms with van der Waals surface area (Å²) in [5.74, 6) is -1.52. The molecule has 12 heteroatoms. The Hall–Kier alpha value is -3.08. The van der Waals surface area contributed by atoms with E-state index >= 15 is 0 Å². The lowest BCUT2D eigenvalue weighted by Crippen LogP contribution is -2.30. The van der Waals surface area contributed by atoms with Crippen LogP contribution in [0.1, 0.15) is 213 Å². The van der Waals surface area contributed by atoms with Gasteiger partial charge in [0.2, 0.25) is 0 Å². The third-order valence-corrected chi connectivity index (χ3v) is 11.5. The Morgan fingerprint density at radius 3 is 1.23 bits per heavy atom. The monoisotopic (exact) mass is 949 g/mol. The molecule has 0 saturated heterocycles. The Morgan fingerprint density at radius 1 is 0.439 bits per heavy atom. The Morgan fingerprint density at radius 2 is 0.788 bits per heavy atom. The number of unbranched alkanes of at least 4 members (excludes halogenated alkanes) is 18. The molecule has 0 aromatic rings. The van der Waals surface area contributed by atoms with Crippen molar-refractivity contribution in [3.05, 3.63) is 72.9 Å². The van der Waals surface area contributed by atoms with Crippen LogP contribution in [-0.4, -0.2) is 66.5 Å². The summed E-state index contributed by atoms with van der Waals surface area (Å²) in [5.41, 5.74) is 0. The molecule has 0 bridgehead atoms. The van der Waals surface area contributed by atoms with Crippen molar-refractivity contribution in [2.75, 3.05) is 26.4 Å². The van der Waals surface area contributed by atoms with Crippen LogP contribution in [0, 0.1) is 0 Å². The summed E-state index contributed by atoms with van der Waals surface area (Å²) in [4.78, 5) is 48.2. The van der Waals surface area contributed by atoms with Crippen LogP contribution in [0.3, 0.4) is 0 Å². The molecule has 11 nitrogen and oxygen atoms in total. The van der Waals surface area contributed by atoms with Gasteiger partial charge >= 0.3 is 25.7 Å². The number of aliphatic hydroxyl groups excluding tert-OH is 1. The molecule has 0 rings (SSSR count). The number of phosphoric acid groups is 1. The number of allylic oxidation sites excluding steroid dienone is 12. The summed E-state index contributed by atoms with van der Waals surface area (Å²) in [7, 11) is -4.75. The first-order chi connectivity index (χ1) is 32.2. The van der Waals surface area contributed by atoms with Gasteiger partial charge in [-0.15, -0.1) is 0 Å². The van der Waals surface area contributed by atoms with Crippen LogP contribution in [0.5, 0.6) is 0 Å². The van der Waals surface area contributed by atoms with Crippen LogP contribution in [0.15, 0.2) is 72.9 Å². The van der Waals surface area contributed by atoms with Gasteiger partial charge in [0.1, 0.15) is 12.7 Å². The van der Waals surface area contributed by atoms with Gasteiger partial charge in [-0.1, -0.05) is 171 Å². The van der Waals surface area contributed by atoms with E-state index in [1.54, 1.807) is 0 Å². The third kappa shape index (κ3) is 46.0. The number of carbonyl (C=O) groups is 3. The summed E-state index contributed by atoms with van der Waals surface area (Å²) in [6.07, 6.45) is 51.6. The van der Waals surface area contributed by atoms with Crippen LogP contribution < -0.4 is 0 Å². The molecule has 0 amide bonds. The third-order valence-electron chi connectivity index (χ3n) is 10.6. The van der Waals surface area contributed by atoms with Crippen molar-refractivity contribution in [2.45, 2.75) is 226 Å². The molecule has 0 aromatic carbocycles. The molecular formula is C54H93O11P. The lowest BCUT2D eigenvalue weighted by Gasteiger charge is -2.21. The highest BCUT2D eigenvalue weighted by molar-refractivity contribution is 7.47. The van der Waals surface area contributed by atoms with Crippen LogP contribution in [0.25, 0.3) is 0 Å². The Kier molecular flexibility index (Phi) is 46.1. The molecule has 0 aliphatic carbocycles. The van der Waals surface area contributed by atoms with Gasteiger partial charge in [-0.25, -0.2) is 4.57 Å². The molecule has 2 N–H and O–H groups in total. The van der Waals surface area contributed by atoms with E-state index < -0.39 is 57.8 Å². The molecule has 0 saturated carbocycles. The van der Waals surface area contributed by atoms with Crippen molar-refractivity contribution in [1.29, 1.82) is 0 Å². The summed E-state index contributed by atoms with van der Waals surface area (Å²) >= 11 is 0. The number of phosphoric ester groups is 1. The maximum Gasteiger partial charge on any atom is 0.472 e. The van der Waals surface area contributed by atoms with Crippen molar-refractivity contribution < 1.29 is 52.2 Å². The first-order valence-corrected chi connectivity index (χ1v) is 27.3. The fraction of sp³-hybridized carbons (Fsp3) is 0.722. The van der Waals surface area contributed by atoms with Gasteiger partial charge in [-0.3, -0.25) is 23.4 Å². The van der Waals surface area contributed by atoms with Crippen LogP contribution >= 0.6 is 7.82 Å². The number of hydrogen-bond acceptors (Lipinski definition) is 10. The van der Waals surface area contributed by atoms with E-state index in [0.29, 0.717) is 19.3 Å². The van der Waals surface area contributed by atoms with E-state index in [-0.39, 0.29) is 25.9 Å². The first kappa shape index (κ1) is 62.9. The van der Waals surface area contributed by atoms with E-state index in [9.17, 15) is 28.9 Å². The molecule has 0 heterocycles. The molecule has 0 radical (unpaired) electrons. The maximum absolute atomic E-state index is 12.8. The fourth-order valence-electron chi connectivity index (χ4n) is 6.60. The normalized spacial score (nSPS) is 14.1. The van der Waals surface area contributed by atoms with E-state index in [1.165, 1.54) is 25.7 Å². The highest BCUT2D eigenvalue weighted by Gasteiger charge is 2.28. The summed E-state index contributed by atoms with van der Waals surface area (Å²) in [6, 6.07) is 0. The van der Waals surface area contributed by atoms with Gasteiger partial charge in [-0.2, -0.15) is 0 Å². The predicted octanol–water partition coefficient (Wildman–Crippen LogP) is 14.6. The van der Waals surface area contributed by atoms with E-state index in [2.05, 4.69) is 93.7 Å². The minimum atomic E-state index is -4.75. The van der Waals surface area contributed by atoms with Gasteiger partial charge in [-0.05, 0) is 96.3 Å². The van der Waals surface area contributed by atoms with Gasteiger partial charge < -0.3 is 24.2 Å². The minimum Gasteiger partial charge on any atom is -0.462 e. The second-order valence-corrected chi connectivity index (χ2v) is 18.4. The number of carbonyl (C=O) groups excluding carboxylic acids is 3. The van der Waals surface area contributed by atoms with Crippen LogP contribution in [-0.2, 0) is 42.2 Å². The van der Waals surface area contributed by atoms with Gasteiger partial charge in [0, 0.05) is 19.3 Å². The zero-order valence-electron chi connectivity index (χ0n) is 41.6. The van der Waals surface area contributed by atoms with Crippen molar-refractivity contribution in [2.24, 2.45) is 0 Å². The lowest BCUT2D eigenvalue weighted by molar-refractivity contribution is -0.161. The summed E-state index contributed by atoms with van der Waals surface area (Å²) in [6.45, 7) is 4.38. The van der Waals surface area contributed by atoms with Gasteiger partial charge in [0.25, 0.3) is 0 Å². The number of ether oxygens (including phenoxy) is 3. The Balaban J connectivity index is 4.80. The first-order valence-electron chi connectivity index (χ1n) is 25.8. The highest BCUT2D eigenvalue weighted by atomic mass is 31.2.